The molecular weight excluding hydrogens is 270 g/mol. The molecule has 1 atom stereocenters. The maximum atomic E-state index is 6.16. The lowest BCUT2D eigenvalue weighted by Crippen LogP contribution is -2.09. The van der Waals surface area contributed by atoms with Crippen LogP contribution >= 0.6 is 11.6 Å². The van der Waals surface area contributed by atoms with Gasteiger partial charge in [-0.05, 0) is 37.1 Å². The molecule has 0 amide bonds. The molecule has 2 aromatic rings. The topological polar surface area (TPSA) is 21.3 Å². The fourth-order valence-corrected chi connectivity index (χ4v) is 2.43. The monoisotopic (exact) mass is 289 g/mol. The summed E-state index contributed by atoms with van der Waals surface area (Å²) in [7, 11) is 1.62. The van der Waals surface area contributed by atoms with Crippen molar-refractivity contribution < 1.29 is 4.74 Å². The van der Waals surface area contributed by atoms with Gasteiger partial charge in [0.2, 0.25) is 0 Å². The van der Waals surface area contributed by atoms with Crippen LogP contribution in [0.25, 0.3) is 0 Å². The zero-order valence-electron chi connectivity index (χ0n) is 12.1. The van der Waals surface area contributed by atoms with Crippen LogP contribution in [0.3, 0.4) is 0 Å². The first-order valence-electron chi connectivity index (χ1n) is 6.80. The van der Waals surface area contributed by atoms with E-state index < -0.39 is 0 Å². The van der Waals surface area contributed by atoms with Gasteiger partial charge in [0.25, 0.3) is 0 Å². The Balaban J connectivity index is 2.17. The highest BCUT2D eigenvalue weighted by Gasteiger charge is 2.10. The van der Waals surface area contributed by atoms with E-state index in [1.54, 1.807) is 7.11 Å². The lowest BCUT2D eigenvalue weighted by Gasteiger charge is -2.19. The number of ether oxygens (including phenoxy) is 1. The third-order valence-electron chi connectivity index (χ3n) is 3.38. The summed E-state index contributed by atoms with van der Waals surface area (Å²) in [5.41, 5.74) is 3.56. The van der Waals surface area contributed by atoms with Crippen LogP contribution in [-0.4, -0.2) is 7.11 Å². The summed E-state index contributed by atoms with van der Waals surface area (Å²) in [6.07, 6.45) is 1.01. The van der Waals surface area contributed by atoms with Gasteiger partial charge in [-0.15, -0.1) is 0 Å². The molecule has 2 nitrogen and oxygen atoms in total. The summed E-state index contributed by atoms with van der Waals surface area (Å²) in [6.45, 7) is 4.27. The van der Waals surface area contributed by atoms with E-state index in [4.69, 9.17) is 16.3 Å². The van der Waals surface area contributed by atoms with Gasteiger partial charge in [0.05, 0.1) is 18.2 Å². The molecule has 0 heterocycles. The molecule has 0 spiro atoms. The molecule has 1 unspecified atom stereocenters. The molecule has 20 heavy (non-hydrogen) atoms. The van der Waals surface area contributed by atoms with Crippen LogP contribution in [0.1, 0.15) is 30.5 Å². The van der Waals surface area contributed by atoms with E-state index in [1.807, 2.05) is 18.2 Å². The number of halogens is 1. The van der Waals surface area contributed by atoms with Crippen LogP contribution in [0.4, 0.5) is 5.69 Å². The van der Waals surface area contributed by atoms with Crippen molar-refractivity contribution in [3.8, 4) is 5.75 Å². The lowest BCUT2D eigenvalue weighted by molar-refractivity contribution is 0.415. The van der Waals surface area contributed by atoms with Crippen LogP contribution in [0.5, 0.6) is 5.75 Å². The molecule has 0 saturated carbocycles. The van der Waals surface area contributed by atoms with E-state index in [0.29, 0.717) is 10.8 Å². The van der Waals surface area contributed by atoms with Gasteiger partial charge in [0, 0.05) is 5.69 Å². The number of rotatable bonds is 5. The highest BCUT2D eigenvalue weighted by Crippen LogP contribution is 2.30. The predicted octanol–water partition coefficient (Wildman–Crippen LogP) is 5.22. The fraction of sp³-hybridized carbons (Fsp3) is 0.294. The van der Waals surface area contributed by atoms with Crippen molar-refractivity contribution in [3.05, 3.63) is 58.6 Å². The van der Waals surface area contributed by atoms with E-state index >= 15 is 0 Å². The van der Waals surface area contributed by atoms with Crippen LogP contribution < -0.4 is 10.1 Å². The number of aryl methyl sites for hydroxylation is 1. The molecule has 0 radical (unpaired) electrons. The Kier molecular flexibility index (Phi) is 4.91. The normalized spacial score (nSPS) is 12.0. The van der Waals surface area contributed by atoms with Gasteiger partial charge in [0.1, 0.15) is 5.75 Å². The Bertz CT molecular complexity index is 566. The van der Waals surface area contributed by atoms with Crippen LogP contribution in [0, 0.1) is 6.92 Å². The fourth-order valence-electron chi connectivity index (χ4n) is 2.18. The van der Waals surface area contributed by atoms with Gasteiger partial charge >= 0.3 is 0 Å². The van der Waals surface area contributed by atoms with Crippen molar-refractivity contribution in [2.75, 3.05) is 12.4 Å². The Labute approximate surface area is 125 Å². The summed E-state index contributed by atoms with van der Waals surface area (Å²) in [6, 6.07) is 14.7. The number of benzene rings is 2. The highest BCUT2D eigenvalue weighted by molar-refractivity contribution is 6.32. The predicted molar refractivity (Wildman–Crippen MR) is 85.8 cm³/mol. The number of hydrogen-bond acceptors (Lipinski definition) is 2. The first-order chi connectivity index (χ1) is 9.63. The van der Waals surface area contributed by atoms with Crippen molar-refractivity contribution in [1.82, 2.24) is 0 Å². The van der Waals surface area contributed by atoms with Gasteiger partial charge in [-0.25, -0.2) is 0 Å². The van der Waals surface area contributed by atoms with Crippen LogP contribution in [0.15, 0.2) is 42.5 Å². The summed E-state index contributed by atoms with van der Waals surface area (Å²) >= 11 is 6.16. The maximum absolute atomic E-state index is 6.16. The molecular formula is C17H20ClNO. The Morgan fingerprint density at radius 2 is 1.85 bits per heavy atom. The molecule has 3 heteroatoms. The van der Waals surface area contributed by atoms with Crippen molar-refractivity contribution in [1.29, 1.82) is 0 Å². The molecule has 106 valence electrons. The minimum absolute atomic E-state index is 0.278. The summed E-state index contributed by atoms with van der Waals surface area (Å²) in [4.78, 5) is 0. The van der Waals surface area contributed by atoms with E-state index in [9.17, 15) is 0 Å². The molecule has 0 fully saturated rings. The number of hydrogen-bond donors (Lipinski definition) is 1. The largest absolute Gasteiger partial charge is 0.495 e. The van der Waals surface area contributed by atoms with Gasteiger partial charge < -0.3 is 10.1 Å². The minimum atomic E-state index is 0.278. The zero-order chi connectivity index (χ0) is 14.5. The van der Waals surface area contributed by atoms with Crippen molar-refractivity contribution in [3.63, 3.8) is 0 Å². The van der Waals surface area contributed by atoms with Crippen molar-refractivity contribution in [2.24, 2.45) is 0 Å². The second-order valence-corrected chi connectivity index (χ2v) is 5.27. The smallest absolute Gasteiger partial charge is 0.137 e. The summed E-state index contributed by atoms with van der Waals surface area (Å²) in [5.74, 6) is 0.695. The summed E-state index contributed by atoms with van der Waals surface area (Å²) in [5, 5.41) is 4.14. The first-order valence-corrected chi connectivity index (χ1v) is 7.18. The number of nitrogens with one attached hydrogen (secondary N) is 1. The van der Waals surface area contributed by atoms with Crippen molar-refractivity contribution in [2.45, 2.75) is 26.3 Å². The molecule has 0 aliphatic rings. The molecule has 1 N–H and O–H groups in total. The van der Waals surface area contributed by atoms with Crippen LogP contribution in [-0.2, 0) is 0 Å². The molecule has 0 aromatic heterocycles. The van der Waals surface area contributed by atoms with E-state index in [2.05, 4.69) is 43.4 Å². The third kappa shape index (κ3) is 3.45. The SMILES string of the molecule is CCC(Nc1ccc(OC)c(Cl)c1)c1ccc(C)cc1. The zero-order valence-corrected chi connectivity index (χ0v) is 12.9. The second kappa shape index (κ2) is 6.67. The quantitative estimate of drug-likeness (QED) is 0.815. The standard InChI is InChI=1S/C17H20ClNO/c1-4-16(13-7-5-12(2)6-8-13)19-14-9-10-17(20-3)15(18)11-14/h5-11,16,19H,4H2,1-3H3. The molecule has 0 bridgehead atoms. The number of anilines is 1. The maximum Gasteiger partial charge on any atom is 0.137 e. The van der Waals surface area contributed by atoms with Gasteiger partial charge in [-0.3, -0.25) is 0 Å². The second-order valence-electron chi connectivity index (χ2n) is 4.87. The Hall–Kier alpha value is -1.67. The van der Waals surface area contributed by atoms with Crippen molar-refractivity contribution >= 4 is 17.3 Å². The molecule has 0 aliphatic carbocycles. The number of methoxy groups -OCH3 is 1. The van der Waals surface area contributed by atoms with E-state index in [1.165, 1.54) is 11.1 Å². The lowest BCUT2D eigenvalue weighted by atomic mass is 10.0. The first kappa shape index (κ1) is 14.7. The van der Waals surface area contributed by atoms with E-state index in [-0.39, 0.29) is 6.04 Å². The molecule has 2 rings (SSSR count). The molecule has 0 saturated heterocycles. The van der Waals surface area contributed by atoms with Crippen LogP contribution in [0.2, 0.25) is 5.02 Å². The third-order valence-corrected chi connectivity index (χ3v) is 3.68. The highest BCUT2D eigenvalue weighted by atomic mass is 35.5. The van der Waals surface area contributed by atoms with Gasteiger partial charge in [-0.2, -0.15) is 0 Å². The average molecular weight is 290 g/mol. The molecule has 2 aromatic carbocycles. The minimum Gasteiger partial charge on any atom is -0.495 e. The Morgan fingerprint density at radius 3 is 2.40 bits per heavy atom. The van der Waals surface area contributed by atoms with E-state index in [0.717, 1.165) is 12.1 Å². The van der Waals surface area contributed by atoms with Gasteiger partial charge in [0.15, 0.2) is 0 Å². The van der Waals surface area contributed by atoms with Gasteiger partial charge in [-0.1, -0.05) is 48.4 Å². The summed E-state index contributed by atoms with van der Waals surface area (Å²) < 4.78 is 5.17. The average Bonchev–Trinajstić information content (AvgIpc) is 2.46. The molecule has 0 aliphatic heterocycles. The Morgan fingerprint density at radius 1 is 1.15 bits per heavy atom.